The summed E-state index contributed by atoms with van der Waals surface area (Å²) in [4.78, 5) is 26.9. The highest BCUT2D eigenvalue weighted by Gasteiger charge is 2.26. The molecular weight excluding hydrogens is 326 g/mol. The molecule has 0 N–H and O–H groups in total. The van der Waals surface area contributed by atoms with Gasteiger partial charge in [0.2, 0.25) is 0 Å². The Labute approximate surface area is 154 Å². The average Bonchev–Trinajstić information content (AvgIpc) is 2.68. The molecule has 0 atom stereocenters. The molecule has 1 aliphatic rings. The highest BCUT2D eigenvalue weighted by molar-refractivity contribution is 5.85. The van der Waals surface area contributed by atoms with Crippen LogP contribution in [0, 0.1) is 5.92 Å². The molecule has 3 rings (SSSR count). The van der Waals surface area contributed by atoms with E-state index in [0.717, 1.165) is 37.1 Å². The van der Waals surface area contributed by atoms with Gasteiger partial charge < -0.3 is 9.64 Å². The topological polar surface area (TPSA) is 46.6 Å². The second-order valence-corrected chi connectivity index (χ2v) is 6.93. The largest absolute Gasteiger partial charge is 0.455 e. The minimum absolute atomic E-state index is 0.106. The van der Waals surface area contributed by atoms with Crippen LogP contribution in [0.15, 0.2) is 60.7 Å². The van der Waals surface area contributed by atoms with Crippen LogP contribution in [-0.2, 0) is 14.3 Å². The zero-order valence-electron chi connectivity index (χ0n) is 15.1. The molecule has 1 fully saturated rings. The summed E-state index contributed by atoms with van der Waals surface area (Å²) in [6, 6.07) is 19.1. The summed E-state index contributed by atoms with van der Waals surface area (Å²) in [5, 5.41) is 0. The fourth-order valence-corrected chi connectivity index (χ4v) is 3.32. The van der Waals surface area contributed by atoms with Gasteiger partial charge in [0.05, 0.1) is 0 Å². The number of ether oxygens (including phenoxy) is 1. The van der Waals surface area contributed by atoms with Crippen molar-refractivity contribution in [3.63, 3.8) is 0 Å². The third-order valence-electron chi connectivity index (χ3n) is 4.98. The van der Waals surface area contributed by atoms with Crippen LogP contribution in [-0.4, -0.2) is 36.5 Å². The number of piperidine rings is 1. The Morgan fingerprint density at radius 2 is 1.46 bits per heavy atom. The van der Waals surface area contributed by atoms with Gasteiger partial charge in [0.25, 0.3) is 5.91 Å². The van der Waals surface area contributed by atoms with Crippen molar-refractivity contribution in [2.75, 3.05) is 19.7 Å². The first-order valence-electron chi connectivity index (χ1n) is 9.19. The van der Waals surface area contributed by atoms with Gasteiger partial charge in [-0.15, -0.1) is 0 Å². The van der Waals surface area contributed by atoms with E-state index in [0.29, 0.717) is 5.92 Å². The number of esters is 1. The van der Waals surface area contributed by atoms with Crippen LogP contribution in [0.3, 0.4) is 0 Å². The quantitative estimate of drug-likeness (QED) is 0.773. The fourth-order valence-electron chi connectivity index (χ4n) is 3.32. The maximum Gasteiger partial charge on any atom is 0.318 e. The molecule has 0 spiro atoms. The van der Waals surface area contributed by atoms with E-state index in [1.54, 1.807) is 4.90 Å². The van der Waals surface area contributed by atoms with Crippen molar-refractivity contribution < 1.29 is 14.3 Å². The van der Waals surface area contributed by atoms with Gasteiger partial charge in [-0.2, -0.15) is 0 Å². The lowest BCUT2D eigenvalue weighted by atomic mass is 9.91. The first-order valence-corrected chi connectivity index (χ1v) is 9.19. The summed E-state index contributed by atoms with van der Waals surface area (Å²) < 4.78 is 5.42. The molecule has 2 aromatic rings. The number of carbonyl (C=O) groups excluding carboxylic acids is 2. The normalized spacial score (nSPS) is 15.1. The summed E-state index contributed by atoms with van der Waals surface area (Å²) in [5.74, 6) is -0.361. The maximum atomic E-state index is 12.8. The second-order valence-electron chi connectivity index (χ2n) is 6.93. The number of nitrogens with zero attached hydrogens (tertiary/aromatic N) is 1. The molecule has 0 unspecified atom stereocenters. The molecule has 4 nitrogen and oxygen atoms in total. The Morgan fingerprint density at radius 3 is 1.96 bits per heavy atom. The first kappa shape index (κ1) is 18.2. The van der Waals surface area contributed by atoms with E-state index < -0.39 is 5.92 Å². The number of rotatable bonds is 5. The number of likely N-dealkylation sites (tertiary alicyclic amines) is 1. The van der Waals surface area contributed by atoms with Crippen LogP contribution in [0.1, 0.15) is 36.8 Å². The molecule has 0 aromatic heterocycles. The van der Waals surface area contributed by atoms with Crippen molar-refractivity contribution in [2.24, 2.45) is 5.92 Å². The van der Waals surface area contributed by atoms with Crippen LogP contribution < -0.4 is 0 Å². The SMILES string of the molecule is CC1CCN(C(=O)COC(=O)C(c2ccccc2)c2ccccc2)CC1. The third-order valence-corrected chi connectivity index (χ3v) is 4.98. The van der Waals surface area contributed by atoms with Gasteiger partial charge in [0.1, 0.15) is 5.92 Å². The molecule has 1 aliphatic heterocycles. The number of hydrogen-bond acceptors (Lipinski definition) is 3. The Morgan fingerprint density at radius 1 is 0.962 bits per heavy atom. The predicted octanol–water partition coefficient (Wildman–Crippen LogP) is 3.62. The number of amides is 1. The van der Waals surface area contributed by atoms with E-state index in [-0.39, 0.29) is 18.5 Å². The number of carbonyl (C=O) groups is 2. The van der Waals surface area contributed by atoms with Crippen LogP contribution in [0.2, 0.25) is 0 Å². The highest BCUT2D eigenvalue weighted by atomic mass is 16.5. The van der Waals surface area contributed by atoms with Crippen molar-refractivity contribution in [1.82, 2.24) is 4.90 Å². The van der Waals surface area contributed by atoms with E-state index in [1.807, 2.05) is 60.7 Å². The third kappa shape index (κ3) is 4.51. The molecule has 0 radical (unpaired) electrons. The molecule has 0 bridgehead atoms. The molecule has 1 saturated heterocycles. The second kappa shape index (κ2) is 8.65. The van der Waals surface area contributed by atoms with E-state index in [9.17, 15) is 9.59 Å². The maximum absolute atomic E-state index is 12.8. The molecular formula is C22H25NO3. The molecule has 4 heteroatoms. The Kier molecular flexibility index (Phi) is 6.05. The standard InChI is InChI=1S/C22H25NO3/c1-17-12-14-23(15-13-17)20(24)16-26-22(25)21(18-8-4-2-5-9-18)19-10-6-3-7-11-19/h2-11,17,21H,12-16H2,1H3. The number of hydrogen-bond donors (Lipinski definition) is 0. The molecule has 136 valence electrons. The lowest BCUT2D eigenvalue weighted by Crippen LogP contribution is -2.40. The van der Waals surface area contributed by atoms with E-state index in [4.69, 9.17) is 4.74 Å². The van der Waals surface area contributed by atoms with Gasteiger partial charge >= 0.3 is 5.97 Å². The van der Waals surface area contributed by atoms with Crippen LogP contribution in [0.4, 0.5) is 0 Å². The van der Waals surface area contributed by atoms with Crippen molar-refractivity contribution in [1.29, 1.82) is 0 Å². The summed E-state index contributed by atoms with van der Waals surface area (Å²) >= 11 is 0. The summed E-state index contributed by atoms with van der Waals surface area (Å²) in [6.45, 7) is 3.51. The van der Waals surface area contributed by atoms with Gasteiger partial charge in [-0.05, 0) is 29.9 Å². The fraction of sp³-hybridized carbons (Fsp3) is 0.364. The smallest absolute Gasteiger partial charge is 0.318 e. The minimum atomic E-state index is -0.522. The van der Waals surface area contributed by atoms with Gasteiger partial charge in [0.15, 0.2) is 6.61 Å². The van der Waals surface area contributed by atoms with Crippen molar-refractivity contribution in [3.8, 4) is 0 Å². The zero-order valence-corrected chi connectivity index (χ0v) is 15.1. The summed E-state index contributed by atoms with van der Waals surface area (Å²) in [6.07, 6.45) is 2.02. The predicted molar refractivity (Wildman–Crippen MR) is 101 cm³/mol. The monoisotopic (exact) mass is 351 g/mol. The lowest BCUT2D eigenvalue weighted by molar-refractivity contribution is -0.153. The van der Waals surface area contributed by atoms with Gasteiger partial charge in [-0.3, -0.25) is 9.59 Å². The highest BCUT2D eigenvalue weighted by Crippen LogP contribution is 2.26. The molecule has 0 aliphatic carbocycles. The van der Waals surface area contributed by atoms with Crippen LogP contribution >= 0.6 is 0 Å². The van der Waals surface area contributed by atoms with Gasteiger partial charge in [0, 0.05) is 13.1 Å². The summed E-state index contributed by atoms with van der Waals surface area (Å²) in [7, 11) is 0. The molecule has 2 aromatic carbocycles. The van der Waals surface area contributed by atoms with E-state index in [2.05, 4.69) is 6.92 Å². The Bertz CT molecular complexity index is 682. The van der Waals surface area contributed by atoms with Crippen LogP contribution in [0.25, 0.3) is 0 Å². The van der Waals surface area contributed by atoms with Crippen LogP contribution in [0.5, 0.6) is 0 Å². The van der Waals surface area contributed by atoms with E-state index >= 15 is 0 Å². The average molecular weight is 351 g/mol. The summed E-state index contributed by atoms with van der Waals surface area (Å²) in [5.41, 5.74) is 1.73. The van der Waals surface area contributed by atoms with E-state index in [1.165, 1.54) is 0 Å². The number of benzene rings is 2. The van der Waals surface area contributed by atoms with Crippen molar-refractivity contribution >= 4 is 11.9 Å². The Balaban J connectivity index is 1.67. The van der Waals surface area contributed by atoms with Gasteiger partial charge in [-0.25, -0.2) is 0 Å². The Hall–Kier alpha value is -2.62. The molecule has 26 heavy (non-hydrogen) atoms. The lowest BCUT2D eigenvalue weighted by Gasteiger charge is -2.30. The molecule has 1 amide bonds. The molecule has 0 saturated carbocycles. The minimum Gasteiger partial charge on any atom is -0.455 e. The van der Waals surface area contributed by atoms with Crippen molar-refractivity contribution in [2.45, 2.75) is 25.7 Å². The van der Waals surface area contributed by atoms with Gasteiger partial charge in [-0.1, -0.05) is 67.6 Å². The van der Waals surface area contributed by atoms with Crippen molar-refractivity contribution in [3.05, 3.63) is 71.8 Å². The zero-order chi connectivity index (χ0) is 18.4. The first-order chi connectivity index (χ1) is 12.6. The molecule has 1 heterocycles.